The molecular weight excluding hydrogens is 272 g/mol. The maximum absolute atomic E-state index is 11.5. The first-order valence-electron chi connectivity index (χ1n) is 5.10. The SMILES string of the molecule is O=C(CCC(=O)Nc1cscn1)Nc1cscn1. The van der Waals surface area contributed by atoms with Crippen LogP contribution in [0.25, 0.3) is 0 Å². The molecule has 6 nitrogen and oxygen atoms in total. The average Bonchev–Trinajstić information content (AvgIpc) is 2.99. The minimum absolute atomic E-state index is 0.119. The molecule has 2 N–H and O–H groups in total. The molecule has 2 rings (SSSR count). The Morgan fingerprint density at radius 2 is 1.39 bits per heavy atom. The maximum atomic E-state index is 11.5. The molecule has 2 heterocycles. The van der Waals surface area contributed by atoms with Gasteiger partial charge in [-0.25, -0.2) is 9.97 Å². The summed E-state index contributed by atoms with van der Waals surface area (Å²) in [6, 6.07) is 0. The molecule has 0 aliphatic heterocycles. The Kier molecular flexibility index (Phi) is 4.37. The number of hydrogen-bond acceptors (Lipinski definition) is 6. The molecule has 0 saturated carbocycles. The summed E-state index contributed by atoms with van der Waals surface area (Å²) in [5, 5.41) is 8.66. The first-order valence-corrected chi connectivity index (χ1v) is 6.98. The predicted octanol–water partition coefficient (Wildman–Crippen LogP) is 1.96. The monoisotopic (exact) mass is 282 g/mol. The highest BCUT2D eigenvalue weighted by atomic mass is 32.1. The largest absolute Gasteiger partial charge is 0.310 e. The molecular formula is C10H10N4O2S2. The zero-order valence-corrected chi connectivity index (χ0v) is 10.9. The minimum atomic E-state index is -0.227. The Morgan fingerprint density at radius 1 is 0.944 bits per heavy atom. The molecule has 0 saturated heterocycles. The number of amides is 2. The van der Waals surface area contributed by atoms with E-state index in [2.05, 4.69) is 20.6 Å². The lowest BCUT2D eigenvalue weighted by molar-refractivity contribution is -0.121. The third-order valence-electron chi connectivity index (χ3n) is 1.98. The molecule has 0 fully saturated rings. The Labute approximate surface area is 111 Å². The van der Waals surface area contributed by atoms with Gasteiger partial charge in [-0.1, -0.05) is 0 Å². The van der Waals surface area contributed by atoms with E-state index in [4.69, 9.17) is 0 Å². The molecule has 0 radical (unpaired) electrons. The Balaban J connectivity index is 1.71. The Bertz CT molecular complexity index is 462. The van der Waals surface area contributed by atoms with Gasteiger partial charge in [0.05, 0.1) is 11.0 Å². The first kappa shape index (κ1) is 12.7. The fourth-order valence-electron chi connectivity index (χ4n) is 1.19. The normalized spacial score (nSPS) is 10.0. The number of aromatic nitrogens is 2. The van der Waals surface area contributed by atoms with Gasteiger partial charge >= 0.3 is 0 Å². The number of nitrogens with one attached hydrogen (secondary N) is 2. The second kappa shape index (κ2) is 6.22. The summed E-state index contributed by atoms with van der Waals surface area (Å²) in [5.74, 6) is 0.582. The van der Waals surface area contributed by atoms with Crippen LogP contribution >= 0.6 is 22.7 Å². The van der Waals surface area contributed by atoms with Crippen molar-refractivity contribution in [2.75, 3.05) is 10.6 Å². The lowest BCUT2D eigenvalue weighted by atomic mass is 10.3. The predicted molar refractivity (Wildman–Crippen MR) is 70.7 cm³/mol. The molecule has 0 aromatic carbocycles. The third-order valence-corrected chi connectivity index (χ3v) is 3.15. The summed E-state index contributed by atoms with van der Waals surface area (Å²) < 4.78 is 0. The van der Waals surface area contributed by atoms with E-state index in [1.54, 1.807) is 21.8 Å². The van der Waals surface area contributed by atoms with Crippen LogP contribution in [0.2, 0.25) is 0 Å². The maximum Gasteiger partial charge on any atom is 0.226 e. The third kappa shape index (κ3) is 3.90. The van der Waals surface area contributed by atoms with Crippen LogP contribution in [0.4, 0.5) is 11.6 Å². The summed E-state index contributed by atoms with van der Waals surface area (Å²) >= 11 is 2.79. The number of hydrogen-bond donors (Lipinski definition) is 2. The topological polar surface area (TPSA) is 84.0 Å². The van der Waals surface area contributed by atoms with Crippen LogP contribution in [0, 0.1) is 0 Å². The van der Waals surface area contributed by atoms with Crippen molar-refractivity contribution in [2.45, 2.75) is 12.8 Å². The lowest BCUT2D eigenvalue weighted by Crippen LogP contribution is -2.17. The molecule has 0 aliphatic rings. The van der Waals surface area contributed by atoms with Gasteiger partial charge in [-0.15, -0.1) is 22.7 Å². The summed E-state index contributed by atoms with van der Waals surface area (Å²) in [7, 11) is 0. The molecule has 94 valence electrons. The van der Waals surface area contributed by atoms with Crippen molar-refractivity contribution < 1.29 is 9.59 Å². The molecule has 18 heavy (non-hydrogen) atoms. The van der Waals surface area contributed by atoms with Crippen molar-refractivity contribution in [3.8, 4) is 0 Å². The lowest BCUT2D eigenvalue weighted by Gasteiger charge is -2.02. The Hall–Kier alpha value is -1.80. The number of nitrogens with zero attached hydrogens (tertiary/aromatic N) is 2. The van der Waals surface area contributed by atoms with Gasteiger partial charge in [0.1, 0.15) is 11.6 Å². The molecule has 0 atom stereocenters. The zero-order valence-electron chi connectivity index (χ0n) is 9.25. The van der Waals surface area contributed by atoms with Crippen molar-refractivity contribution in [3.05, 3.63) is 21.8 Å². The van der Waals surface area contributed by atoms with Crippen LogP contribution in [0.3, 0.4) is 0 Å². The van der Waals surface area contributed by atoms with Gasteiger partial charge in [-0.2, -0.15) is 0 Å². The van der Waals surface area contributed by atoms with E-state index in [0.29, 0.717) is 11.6 Å². The van der Waals surface area contributed by atoms with Crippen LogP contribution < -0.4 is 10.6 Å². The van der Waals surface area contributed by atoms with E-state index in [9.17, 15) is 9.59 Å². The summed E-state index contributed by atoms with van der Waals surface area (Å²) in [6.07, 6.45) is 0.237. The van der Waals surface area contributed by atoms with E-state index in [0.717, 1.165) is 0 Å². The second-order valence-electron chi connectivity index (χ2n) is 3.34. The second-order valence-corrected chi connectivity index (χ2v) is 4.78. The molecule has 0 aliphatic carbocycles. The van der Waals surface area contributed by atoms with Gasteiger partial charge in [-0.05, 0) is 0 Å². The summed E-state index contributed by atoms with van der Waals surface area (Å²) in [4.78, 5) is 30.8. The minimum Gasteiger partial charge on any atom is -0.310 e. The molecule has 0 spiro atoms. The summed E-state index contributed by atoms with van der Waals surface area (Å²) in [6.45, 7) is 0. The van der Waals surface area contributed by atoms with Crippen molar-refractivity contribution >= 4 is 46.1 Å². The quantitative estimate of drug-likeness (QED) is 0.878. The fourth-order valence-corrected chi connectivity index (χ4v) is 2.15. The van der Waals surface area contributed by atoms with Crippen molar-refractivity contribution in [1.82, 2.24) is 9.97 Å². The number of rotatable bonds is 5. The van der Waals surface area contributed by atoms with Gasteiger partial charge in [0.2, 0.25) is 11.8 Å². The fraction of sp³-hybridized carbons (Fsp3) is 0.200. The van der Waals surface area contributed by atoms with Gasteiger partial charge in [0.25, 0.3) is 0 Å². The number of carbonyl (C=O) groups excluding carboxylic acids is 2. The van der Waals surface area contributed by atoms with Crippen LogP contribution in [0.5, 0.6) is 0 Å². The first-order chi connectivity index (χ1) is 8.74. The van der Waals surface area contributed by atoms with Crippen LogP contribution in [-0.4, -0.2) is 21.8 Å². The number of thiazole rings is 2. The van der Waals surface area contributed by atoms with Crippen LogP contribution in [-0.2, 0) is 9.59 Å². The van der Waals surface area contributed by atoms with E-state index in [1.807, 2.05) is 0 Å². The van der Waals surface area contributed by atoms with Gasteiger partial charge < -0.3 is 10.6 Å². The van der Waals surface area contributed by atoms with Gasteiger partial charge in [0.15, 0.2) is 0 Å². The van der Waals surface area contributed by atoms with E-state index in [-0.39, 0.29) is 24.7 Å². The molecule has 2 aromatic rings. The Morgan fingerprint density at radius 3 is 1.72 bits per heavy atom. The number of carbonyl (C=O) groups is 2. The van der Waals surface area contributed by atoms with E-state index >= 15 is 0 Å². The van der Waals surface area contributed by atoms with Crippen molar-refractivity contribution in [1.29, 1.82) is 0 Å². The van der Waals surface area contributed by atoms with Gasteiger partial charge in [0, 0.05) is 23.6 Å². The van der Waals surface area contributed by atoms with E-state index in [1.165, 1.54) is 22.7 Å². The molecule has 0 bridgehead atoms. The van der Waals surface area contributed by atoms with Crippen molar-refractivity contribution in [3.63, 3.8) is 0 Å². The van der Waals surface area contributed by atoms with Gasteiger partial charge in [-0.3, -0.25) is 9.59 Å². The van der Waals surface area contributed by atoms with Crippen LogP contribution in [0.1, 0.15) is 12.8 Å². The van der Waals surface area contributed by atoms with E-state index < -0.39 is 0 Å². The molecule has 2 aromatic heterocycles. The highest BCUT2D eigenvalue weighted by Gasteiger charge is 2.08. The molecule has 2 amide bonds. The zero-order chi connectivity index (χ0) is 12.8. The molecule has 8 heteroatoms. The number of anilines is 2. The highest BCUT2D eigenvalue weighted by molar-refractivity contribution is 7.08. The standard InChI is InChI=1S/C10H10N4O2S2/c15-9(13-7-3-17-5-11-7)1-2-10(16)14-8-4-18-6-12-8/h3-6H,1-2H2,(H,13,15)(H,14,16). The van der Waals surface area contributed by atoms with Crippen molar-refractivity contribution in [2.24, 2.45) is 0 Å². The van der Waals surface area contributed by atoms with Crippen LogP contribution in [0.15, 0.2) is 21.8 Å². The molecule has 0 unspecified atom stereocenters. The summed E-state index contributed by atoms with van der Waals surface area (Å²) in [5.41, 5.74) is 3.26. The average molecular weight is 282 g/mol. The smallest absolute Gasteiger partial charge is 0.226 e. The highest BCUT2D eigenvalue weighted by Crippen LogP contribution is 2.09.